The van der Waals surface area contributed by atoms with Crippen molar-refractivity contribution in [1.29, 1.82) is 0 Å². The van der Waals surface area contributed by atoms with E-state index in [4.69, 9.17) is 11.2 Å². The molecule has 0 heterocycles. The Morgan fingerprint density at radius 1 is 1.56 bits per heavy atom. The highest BCUT2D eigenvalue weighted by atomic mass is 79.9. The number of nitrogens with one attached hydrogen (secondary N) is 1. The zero-order valence-electron chi connectivity index (χ0n) is 9.18. The van der Waals surface area contributed by atoms with Gasteiger partial charge in [-0.3, -0.25) is 14.9 Å². The van der Waals surface area contributed by atoms with Gasteiger partial charge >= 0.3 is 0 Å². The molecular weight excluding hydrogens is 304 g/mol. The number of hydrogen-bond acceptors (Lipinski definition) is 4. The standard InChI is InChI=1S/C11H9BrN2O4/c1-2-3-13-11(15)7-18-10-5-8(12)4-9(6-10)14(16)17/h1,4-6H,3,7H2,(H,13,15). The summed E-state index contributed by atoms with van der Waals surface area (Å²) in [6.07, 6.45) is 4.97. The fraction of sp³-hybridized carbons (Fsp3) is 0.182. The van der Waals surface area contributed by atoms with Crippen molar-refractivity contribution in [2.45, 2.75) is 0 Å². The fourth-order valence-corrected chi connectivity index (χ4v) is 1.55. The lowest BCUT2D eigenvalue weighted by Crippen LogP contribution is -2.29. The van der Waals surface area contributed by atoms with E-state index in [-0.39, 0.29) is 24.6 Å². The van der Waals surface area contributed by atoms with Crippen LogP contribution in [0.15, 0.2) is 22.7 Å². The number of benzene rings is 1. The van der Waals surface area contributed by atoms with Crippen molar-refractivity contribution in [3.8, 4) is 18.1 Å². The number of ether oxygens (including phenoxy) is 1. The first kappa shape index (κ1) is 14.0. The van der Waals surface area contributed by atoms with Gasteiger partial charge in [0.2, 0.25) is 0 Å². The molecule has 0 bridgehead atoms. The minimum absolute atomic E-state index is 0.112. The highest BCUT2D eigenvalue weighted by molar-refractivity contribution is 9.10. The van der Waals surface area contributed by atoms with Crippen molar-refractivity contribution in [1.82, 2.24) is 5.32 Å². The molecule has 0 saturated heterocycles. The number of rotatable bonds is 5. The van der Waals surface area contributed by atoms with Gasteiger partial charge in [-0.15, -0.1) is 6.42 Å². The van der Waals surface area contributed by atoms with Crippen molar-refractivity contribution < 1.29 is 14.5 Å². The lowest BCUT2D eigenvalue weighted by molar-refractivity contribution is -0.385. The van der Waals surface area contributed by atoms with E-state index in [1.807, 2.05) is 0 Å². The molecule has 1 N–H and O–H groups in total. The Balaban J connectivity index is 2.65. The van der Waals surface area contributed by atoms with Gasteiger partial charge in [0.05, 0.1) is 17.5 Å². The van der Waals surface area contributed by atoms with Gasteiger partial charge in [0.1, 0.15) is 5.75 Å². The Bertz CT molecular complexity index is 510. The summed E-state index contributed by atoms with van der Waals surface area (Å²) < 4.78 is 5.62. The number of non-ortho nitro benzene ring substituents is 1. The molecule has 0 spiro atoms. The molecule has 6 nitrogen and oxygen atoms in total. The van der Waals surface area contributed by atoms with Crippen LogP contribution in [0.1, 0.15) is 0 Å². The zero-order valence-corrected chi connectivity index (χ0v) is 10.8. The fourth-order valence-electron chi connectivity index (χ4n) is 1.09. The highest BCUT2D eigenvalue weighted by Crippen LogP contribution is 2.25. The summed E-state index contributed by atoms with van der Waals surface area (Å²) in [6, 6.07) is 4.10. The quantitative estimate of drug-likeness (QED) is 0.507. The van der Waals surface area contributed by atoms with E-state index in [1.54, 1.807) is 0 Å². The minimum atomic E-state index is -0.546. The molecule has 0 fully saturated rings. The summed E-state index contributed by atoms with van der Waals surface area (Å²) in [5.41, 5.74) is -0.122. The number of nitro benzene ring substituents is 1. The number of hydrogen-bond donors (Lipinski definition) is 1. The third kappa shape index (κ3) is 4.43. The van der Waals surface area contributed by atoms with Crippen LogP contribution in [0.25, 0.3) is 0 Å². The van der Waals surface area contributed by atoms with Gasteiger partial charge in [0.15, 0.2) is 6.61 Å². The molecule has 18 heavy (non-hydrogen) atoms. The number of carbonyl (C=O) groups excluding carboxylic acids is 1. The number of terminal acetylenes is 1. The number of halogens is 1. The van der Waals surface area contributed by atoms with E-state index in [2.05, 4.69) is 27.2 Å². The third-order valence-electron chi connectivity index (χ3n) is 1.82. The Kier molecular flexibility index (Phi) is 5.14. The van der Waals surface area contributed by atoms with Crippen LogP contribution in [0.4, 0.5) is 5.69 Å². The maximum atomic E-state index is 11.2. The average molecular weight is 313 g/mol. The molecule has 0 aliphatic rings. The Labute approximate surface area is 112 Å². The molecule has 0 aromatic heterocycles. The molecule has 1 aromatic carbocycles. The molecule has 0 aliphatic carbocycles. The average Bonchev–Trinajstić information content (AvgIpc) is 2.33. The van der Waals surface area contributed by atoms with Crippen LogP contribution in [-0.2, 0) is 4.79 Å². The van der Waals surface area contributed by atoms with Gasteiger partial charge in [-0.2, -0.15) is 0 Å². The SMILES string of the molecule is C#CCNC(=O)COc1cc(Br)cc([N+](=O)[O-])c1. The largest absolute Gasteiger partial charge is 0.483 e. The predicted octanol–water partition coefficient (Wildman–Crippen LogP) is 1.49. The maximum Gasteiger partial charge on any atom is 0.274 e. The molecule has 0 saturated carbocycles. The lowest BCUT2D eigenvalue weighted by atomic mass is 10.3. The zero-order chi connectivity index (χ0) is 13.5. The second kappa shape index (κ2) is 6.61. The molecule has 7 heteroatoms. The van der Waals surface area contributed by atoms with Crippen LogP contribution in [0.5, 0.6) is 5.75 Å². The minimum Gasteiger partial charge on any atom is -0.483 e. The molecule has 0 unspecified atom stereocenters. The highest BCUT2D eigenvalue weighted by Gasteiger charge is 2.10. The van der Waals surface area contributed by atoms with E-state index < -0.39 is 10.8 Å². The Hall–Kier alpha value is -2.07. The van der Waals surface area contributed by atoms with Crippen molar-refractivity contribution in [2.24, 2.45) is 0 Å². The van der Waals surface area contributed by atoms with E-state index in [1.165, 1.54) is 18.2 Å². The molecule has 0 aliphatic heterocycles. The van der Waals surface area contributed by atoms with Gasteiger partial charge in [-0.05, 0) is 6.07 Å². The van der Waals surface area contributed by atoms with E-state index in [0.717, 1.165) is 0 Å². The topological polar surface area (TPSA) is 81.5 Å². The van der Waals surface area contributed by atoms with E-state index in [0.29, 0.717) is 4.47 Å². The normalized spacial score (nSPS) is 9.33. The van der Waals surface area contributed by atoms with Gasteiger partial charge < -0.3 is 10.1 Å². The monoisotopic (exact) mass is 312 g/mol. The van der Waals surface area contributed by atoms with Crippen molar-refractivity contribution >= 4 is 27.5 Å². The molecule has 1 amide bonds. The Morgan fingerprint density at radius 3 is 2.89 bits per heavy atom. The summed E-state index contributed by atoms with van der Waals surface area (Å²) in [5, 5.41) is 13.0. The van der Waals surface area contributed by atoms with Crippen LogP contribution < -0.4 is 10.1 Å². The van der Waals surface area contributed by atoms with Crippen molar-refractivity contribution in [3.05, 3.63) is 32.8 Å². The molecule has 0 radical (unpaired) electrons. The second-order valence-corrected chi connectivity index (χ2v) is 4.09. The first-order chi connectivity index (χ1) is 8.52. The molecule has 1 aromatic rings. The summed E-state index contributed by atoms with van der Waals surface area (Å²) in [7, 11) is 0. The summed E-state index contributed by atoms with van der Waals surface area (Å²) in [4.78, 5) is 21.3. The summed E-state index contributed by atoms with van der Waals surface area (Å²) >= 11 is 3.12. The van der Waals surface area contributed by atoms with Gasteiger partial charge in [-0.25, -0.2) is 0 Å². The predicted molar refractivity (Wildman–Crippen MR) is 68.1 cm³/mol. The van der Waals surface area contributed by atoms with Gasteiger partial charge in [0, 0.05) is 10.5 Å². The summed E-state index contributed by atoms with van der Waals surface area (Å²) in [6.45, 7) is -0.143. The molecular formula is C11H9BrN2O4. The number of amides is 1. The van der Waals surface area contributed by atoms with Crippen LogP contribution >= 0.6 is 15.9 Å². The smallest absolute Gasteiger partial charge is 0.274 e. The van der Waals surface area contributed by atoms with Crippen LogP contribution in [0.2, 0.25) is 0 Å². The lowest BCUT2D eigenvalue weighted by Gasteiger charge is -2.06. The number of nitrogens with zero attached hydrogens (tertiary/aromatic N) is 1. The first-order valence-electron chi connectivity index (χ1n) is 4.81. The Morgan fingerprint density at radius 2 is 2.28 bits per heavy atom. The molecule has 94 valence electrons. The van der Waals surface area contributed by atoms with Gasteiger partial charge in [0.25, 0.3) is 11.6 Å². The van der Waals surface area contributed by atoms with Crippen LogP contribution in [-0.4, -0.2) is 24.0 Å². The first-order valence-corrected chi connectivity index (χ1v) is 5.60. The maximum absolute atomic E-state index is 11.2. The molecule has 1 rings (SSSR count). The van der Waals surface area contributed by atoms with Crippen molar-refractivity contribution in [3.63, 3.8) is 0 Å². The summed E-state index contributed by atoms with van der Waals surface area (Å²) in [5.74, 6) is 2.08. The molecule has 0 atom stereocenters. The van der Waals surface area contributed by atoms with E-state index in [9.17, 15) is 14.9 Å². The van der Waals surface area contributed by atoms with Crippen LogP contribution in [0.3, 0.4) is 0 Å². The van der Waals surface area contributed by atoms with Gasteiger partial charge in [-0.1, -0.05) is 21.9 Å². The second-order valence-electron chi connectivity index (χ2n) is 3.17. The van der Waals surface area contributed by atoms with E-state index >= 15 is 0 Å². The third-order valence-corrected chi connectivity index (χ3v) is 2.28. The van der Waals surface area contributed by atoms with Crippen molar-refractivity contribution in [2.75, 3.05) is 13.2 Å². The number of carbonyl (C=O) groups is 1. The number of nitro groups is 1. The van der Waals surface area contributed by atoms with Crippen LogP contribution in [0, 0.1) is 22.5 Å².